The van der Waals surface area contributed by atoms with Gasteiger partial charge < -0.3 is 10.6 Å². The van der Waals surface area contributed by atoms with E-state index in [1.54, 1.807) is 0 Å². The van der Waals surface area contributed by atoms with Crippen molar-refractivity contribution in [2.24, 2.45) is 11.8 Å². The molecule has 4 nitrogen and oxygen atoms in total. The van der Waals surface area contributed by atoms with Crippen LogP contribution in [0.25, 0.3) is 0 Å². The Morgan fingerprint density at radius 1 is 1.15 bits per heavy atom. The normalized spacial score (nSPS) is 15.9. The standard InChI is InChI=1S/C16H28N4/c1-4-6-14-19-15(17-9-5-2)10-16(20-14)18-11-12(3)13-7-8-13/h10,12-13H,4-9,11H2,1-3H3,(H2,17,18,19,20). The van der Waals surface area contributed by atoms with E-state index in [9.17, 15) is 0 Å². The van der Waals surface area contributed by atoms with Crippen molar-refractivity contribution in [1.82, 2.24) is 9.97 Å². The van der Waals surface area contributed by atoms with Crippen LogP contribution >= 0.6 is 0 Å². The molecule has 0 radical (unpaired) electrons. The molecule has 1 atom stereocenters. The first kappa shape index (κ1) is 15.1. The molecule has 0 aliphatic heterocycles. The summed E-state index contributed by atoms with van der Waals surface area (Å²) >= 11 is 0. The lowest BCUT2D eigenvalue weighted by Crippen LogP contribution is -2.15. The highest BCUT2D eigenvalue weighted by Crippen LogP contribution is 2.36. The minimum absolute atomic E-state index is 0.742. The van der Waals surface area contributed by atoms with Crippen molar-refractivity contribution in [3.63, 3.8) is 0 Å². The largest absolute Gasteiger partial charge is 0.370 e. The number of nitrogens with zero attached hydrogens (tertiary/aromatic N) is 2. The number of nitrogens with one attached hydrogen (secondary N) is 2. The van der Waals surface area contributed by atoms with E-state index in [0.717, 1.165) is 61.6 Å². The maximum atomic E-state index is 4.62. The van der Waals surface area contributed by atoms with Crippen LogP contribution in [0.4, 0.5) is 11.6 Å². The second-order valence-electron chi connectivity index (χ2n) is 5.93. The van der Waals surface area contributed by atoms with Crippen molar-refractivity contribution >= 4 is 11.6 Å². The summed E-state index contributed by atoms with van der Waals surface area (Å²) in [5.74, 6) is 4.53. The van der Waals surface area contributed by atoms with Crippen molar-refractivity contribution in [2.75, 3.05) is 23.7 Å². The van der Waals surface area contributed by atoms with E-state index in [0.29, 0.717) is 0 Å². The first-order valence-electron chi connectivity index (χ1n) is 8.08. The lowest BCUT2D eigenvalue weighted by molar-refractivity contribution is 0.535. The smallest absolute Gasteiger partial charge is 0.133 e. The number of aryl methyl sites for hydroxylation is 1. The van der Waals surface area contributed by atoms with E-state index in [4.69, 9.17) is 0 Å². The van der Waals surface area contributed by atoms with Gasteiger partial charge in [-0.15, -0.1) is 0 Å². The van der Waals surface area contributed by atoms with Crippen LogP contribution in [-0.2, 0) is 6.42 Å². The van der Waals surface area contributed by atoms with E-state index < -0.39 is 0 Å². The van der Waals surface area contributed by atoms with Crippen LogP contribution in [0.2, 0.25) is 0 Å². The van der Waals surface area contributed by atoms with Gasteiger partial charge in [0.25, 0.3) is 0 Å². The molecule has 1 heterocycles. The number of rotatable bonds is 9. The molecule has 1 aliphatic rings. The Balaban J connectivity index is 1.98. The molecule has 0 amide bonds. The zero-order chi connectivity index (χ0) is 14.4. The number of anilines is 2. The molecule has 20 heavy (non-hydrogen) atoms. The second-order valence-corrected chi connectivity index (χ2v) is 5.93. The lowest BCUT2D eigenvalue weighted by atomic mass is 10.1. The molecule has 0 aromatic carbocycles. The van der Waals surface area contributed by atoms with Crippen LogP contribution in [0.1, 0.15) is 52.3 Å². The molecule has 0 saturated heterocycles. The van der Waals surface area contributed by atoms with E-state index in [2.05, 4.69) is 41.4 Å². The van der Waals surface area contributed by atoms with Gasteiger partial charge in [-0.05, 0) is 37.5 Å². The van der Waals surface area contributed by atoms with E-state index in [-0.39, 0.29) is 0 Å². The zero-order valence-electron chi connectivity index (χ0n) is 13.1. The molecule has 112 valence electrons. The van der Waals surface area contributed by atoms with E-state index in [1.807, 2.05) is 6.07 Å². The highest BCUT2D eigenvalue weighted by atomic mass is 15.1. The Morgan fingerprint density at radius 3 is 2.45 bits per heavy atom. The Labute approximate surface area is 122 Å². The molecule has 2 N–H and O–H groups in total. The maximum absolute atomic E-state index is 4.62. The third-order valence-corrected chi connectivity index (χ3v) is 3.83. The first-order chi connectivity index (χ1) is 9.72. The van der Waals surface area contributed by atoms with E-state index >= 15 is 0 Å². The van der Waals surface area contributed by atoms with Crippen molar-refractivity contribution in [3.05, 3.63) is 11.9 Å². The maximum Gasteiger partial charge on any atom is 0.133 e. The van der Waals surface area contributed by atoms with Crippen LogP contribution in [0.3, 0.4) is 0 Å². The predicted octanol–water partition coefficient (Wildman–Crippen LogP) is 3.71. The minimum atomic E-state index is 0.742. The molecule has 1 aliphatic carbocycles. The Kier molecular flexibility index (Phi) is 5.62. The summed E-state index contributed by atoms with van der Waals surface area (Å²) in [4.78, 5) is 9.19. The van der Waals surface area contributed by atoms with Crippen molar-refractivity contribution in [2.45, 2.75) is 52.9 Å². The Bertz CT molecular complexity index is 415. The molecule has 1 aromatic heterocycles. The van der Waals surface area contributed by atoms with Gasteiger partial charge in [-0.3, -0.25) is 0 Å². The molecule has 2 rings (SSSR count). The molecular weight excluding hydrogens is 248 g/mol. The van der Waals surface area contributed by atoms with Gasteiger partial charge in [0, 0.05) is 25.6 Å². The molecule has 0 spiro atoms. The zero-order valence-corrected chi connectivity index (χ0v) is 13.1. The number of hydrogen-bond acceptors (Lipinski definition) is 4. The average Bonchev–Trinajstić information content (AvgIpc) is 3.27. The molecule has 1 aromatic rings. The third kappa shape index (κ3) is 4.66. The van der Waals surface area contributed by atoms with Gasteiger partial charge in [-0.25, -0.2) is 9.97 Å². The summed E-state index contributed by atoms with van der Waals surface area (Å²) < 4.78 is 0. The van der Waals surface area contributed by atoms with Gasteiger partial charge in [0.05, 0.1) is 0 Å². The summed E-state index contributed by atoms with van der Waals surface area (Å²) in [6.45, 7) is 8.63. The molecule has 0 bridgehead atoms. The van der Waals surface area contributed by atoms with Crippen LogP contribution in [-0.4, -0.2) is 23.1 Å². The highest BCUT2D eigenvalue weighted by Gasteiger charge is 2.27. The quantitative estimate of drug-likeness (QED) is 0.722. The van der Waals surface area contributed by atoms with Crippen LogP contribution < -0.4 is 10.6 Å². The summed E-state index contributed by atoms with van der Waals surface area (Å²) in [6, 6.07) is 2.04. The van der Waals surface area contributed by atoms with Gasteiger partial charge in [-0.1, -0.05) is 20.8 Å². The minimum Gasteiger partial charge on any atom is -0.370 e. The summed E-state index contributed by atoms with van der Waals surface area (Å²) in [5.41, 5.74) is 0. The predicted molar refractivity (Wildman–Crippen MR) is 85.2 cm³/mol. The average molecular weight is 276 g/mol. The summed E-state index contributed by atoms with van der Waals surface area (Å²) in [7, 11) is 0. The van der Waals surface area contributed by atoms with Gasteiger partial charge in [0.2, 0.25) is 0 Å². The number of hydrogen-bond donors (Lipinski definition) is 2. The van der Waals surface area contributed by atoms with Crippen LogP contribution in [0.15, 0.2) is 6.07 Å². The van der Waals surface area contributed by atoms with Gasteiger partial charge in [0.15, 0.2) is 0 Å². The monoisotopic (exact) mass is 276 g/mol. The van der Waals surface area contributed by atoms with Crippen molar-refractivity contribution in [1.29, 1.82) is 0 Å². The second kappa shape index (κ2) is 7.46. The van der Waals surface area contributed by atoms with Gasteiger partial charge >= 0.3 is 0 Å². The fourth-order valence-electron chi connectivity index (χ4n) is 2.36. The SMILES string of the molecule is CCCNc1cc(NCC(C)C2CC2)nc(CCC)n1. The van der Waals surface area contributed by atoms with Crippen LogP contribution in [0, 0.1) is 11.8 Å². The van der Waals surface area contributed by atoms with Gasteiger partial charge in [0.1, 0.15) is 17.5 Å². The topological polar surface area (TPSA) is 49.8 Å². The highest BCUT2D eigenvalue weighted by molar-refractivity contribution is 5.47. The van der Waals surface area contributed by atoms with E-state index in [1.165, 1.54) is 12.8 Å². The molecular formula is C16H28N4. The lowest BCUT2D eigenvalue weighted by Gasteiger charge is -2.14. The number of aromatic nitrogens is 2. The Morgan fingerprint density at radius 2 is 1.85 bits per heavy atom. The van der Waals surface area contributed by atoms with Crippen molar-refractivity contribution in [3.8, 4) is 0 Å². The summed E-state index contributed by atoms with van der Waals surface area (Å²) in [5, 5.41) is 6.86. The molecule has 1 fully saturated rings. The summed E-state index contributed by atoms with van der Waals surface area (Å²) in [6.07, 6.45) is 5.92. The van der Waals surface area contributed by atoms with Crippen molar-refractivity contribution < 1.29 is 0 Å². The van der Waals surface area contributed by atoms with Crippen LogP contribution in [0.5, 0.6) is 0 Å². The Hall–Kier alpha value is -1.32. The molecule has 4 heteroatoms. The van der Waals surface area contributed by atoms with Gasteiger partial charge in [-0.2, -0.15) is 0 Å². The fraction of sp³-hybridized carbons (Fsp3) is 0.750. The third-order valence-electron chi connectivity index (χ3n) is 3.83. The molecule has 1 saturated carbocycles. The fourth-order valence-corrected chi connectivity index (χ4v) is 2.36. The molecule has 1 unspecified atom stereocenters. The first-order valence-corrected chi connectivity index (χ1v) is 8.08.